The molecule has 1 unspecified atom stereocenters. The predicted molar refractivity (Wildman–Crippen MR) is 161 cm³/mol. The van der Waals surface area contributed by atoms with E-state index in [-0.39, 0.29) is 6.10 Å². The monoisotopic (exact) mass is 546 g/mol. The van der Waals surface area contributed by atoms with Crippen molar-refractivity contribution in [3.05, 3.63) is 35.9 Å². The Bertz CT molecular complexity index is 636. The zero-order chi connectivity index (χ0) is 27.9. The van der Waals surface area contributed by atoms with Crippen LogP contribution < -0.4 is 0 Å². The number of ether oxygens (including phenoxy) is 3. The third kappa shape index (κ3) is 25.2. The normalized spacial score (nSPS) is 12.0. The molecular formula is C34H58O5. The molecule has 0 saturated carbocycles. The van der Waals surface area contributed by atoms with E-state index in [0.717, 1.165) is 64.3 Å². The summed E-state index contributed by atoms with van der Waals surface area (Å²) < 4.78 is 18.1. The van der Waals surface area contributed by atoms with Crippen molar-refractivity contribution < 1.29 is 23.8 Å². The lowest BCUT2D eigenvalue weighted by atomic mass is 10.1. The Balaban J connectivity index is 2.08. The van der Waals surface area contributed by atoms with Crippen molar-refractivity contribution in [3.63, 3.8) is 0 Å². The first-order valence-electron chi connectivity index (χ1n) is 16.0. The van der Waals surface area contributed by atoms with E-state index < -0.39 is 0 Å². The van der Waals surface area contributed by atoms with Gasteiger partial charge in [0.05, 0.1) is 19.8 Å². The van der Waals surface area contributed by atoms with E-state index >= 15 is 0 Å². The molecular weight excluding hydrogens is 488 g/mol. The molecule has 0 aromatic heterocycles. The van der Waals surface area contributed by atoms with Gasteiger partial charge in [-0.25, -0.2) is 0 Å². The van der Waals surface area contributed by atoms with Crippen LogP contribution in [0.1, 0.15) is 134 Å². The number of hydrogen-bond acceptors (Lipinski definition) is 5. The molecule has 0 aliphatic rings. The van der Waals surface area contributed by atoms with Gasteiger partial charge < -0.3 is 23.8 Å². The molecule has 0 spiro atoms. The highest BCUT2D eigenvalue weighted by atomic mass is 16.6. The van der Waals surface area contributed by atoms with Crippen LogP contribution in [0.3, 0.4) is 0 Å². The molecule has 1 atom stereocenters. The maximum atomic E-state index is 10.3. The summed E-state index contributed by atoms with van der Waals surface area (Å²) in [6.07, 6.45) is 25.4. The summed E-state index contributed by atoms with van der Waals surface area (Å²) in [6, 6.07) is 10.3. The zero-order valence-corrected chi connectivity index (χ0v) is 24.8. The molecule has 0 bridgehead atoms. The van der Waals surface area contributed by atoms with E-state index in [4.69, 9.17) is 14.2 Å². The van der Waals surface area contributed by atoms with Crippen LogP contribution in [0.25, 0.3) is 0 Å². The summed E-state index contributed by atoms with van der Waals surface area (Å²) in [6.45, 7) is 3.32. The van der Waals surface area contributed by atoms with Gasteiger partial charge in [-0.2, -0.15) is 0 Å². The van der Waals surface area contributed by atoms with Crippen LogP contribution in [0.15, 0.2) is 30.3 Å². The smallest absolute Gasteiger partial charge is 0.119 e. The fraction of sp³-hybridized carbons (Fsp3) is 0.765. The van der Waals surface area contributed by atoms with Crippen molar-refractivity contribution >= 4 is 12.6 Å². The minimum Gasteiger partial charge on any atom is -0.379 e. The summed E-state index contributed by atoms with van der Waals surface area (Å²) in [7, 11) is 0. The summed E-state index contributed by atoms with van der Waals surface area (Å²) in [5.41, 5.74) is 1.18. The fourth-order valence-corrected chi connectivity index (χ4v) is 4.73. The number of benzene rings is 1. The highest BCUT2D eigenvalue weighted by Crippen LogP contribution is 2.12. The van der Waals surface area contributed by atoms with E-state index in [1.807, 2.05) is 18.2 Å². The Morgan fingerprint density at radius 3 is 1.46 bits per heavy atom. The molecule has 0 saturated heterocycles. The molecule has 1 aromatic carbocycles. The molecule has 5 nitrogen and oxygen atoms in total. The van der Waals surface area contributed by atoms with Crippen LogP contribution in [-0.2, 0) is 30.4 Å². The maximum Gasteiger partial charge on any atom is 0.119 e. The lowest BCUT2D eigenvalue weighted by molar-refractivity contribution is -0.108. The van der Waals surface area contributed by atoms with Gasteiger partial charge in [0, 0.05) is 26.1 Å². The first-order valence-corrected chi connectivity index (χ1v) is 16.0. The largest absolute Gasteiger partial charge is 0.379 e. The number of rotatable bonds is 31. The van der Waals surface area contributed by atoms with Gasteiger partial charge in [0.15, 0.2) is 0 Å². The maximum absolute atomic E-state index is 10.3. The van der Waals surface area contributed by atoms with Crippen LogP contribution in [0.5, 0.6) is 0 Å². The van der Waals surface area contributed by atoms with E-state index in [1.165, 1.54) is 95.5 Å². The van der Waals surface area contributed by atoms with Gasteiger partial charge >= 0.3 is 0 Å². The molecule has 0 fully saturated rings. The first-order chi connectivity index (χ1) is 19.4. The van der Waals surface area contributed by atoms with E-state index in [0.29, 0.717) is 19.8 Å². The number of unbranched alkanes of at least 4 members (excludes halogenated alkanes) is 18. The van der Waals surface area contributed by atoms with E-state index in [1.54, 1.807) is 0 Å². The van der Waals surface area contributed by atoms with Gasteiger partial charge in [-0.3, -0.25) is 0 Å². The van der Waals surface area contributed by atoms with Crippen LogP contribution in [0.2, 0.25) is 0 Å². The SMILES string of the molecule is O=CCCCCCCCCCCCOCC(COCc1ccccc1)OCCCCCCCCCCCC=O. The van der Waals surface area contributed by atoms with Gasteiger partial charge in [0.2, 0.25) is 0 Å². The molecule has 0 radical (unpaired) electrons. The summed E-state index contributed by atoms with van der Waals surface area (Å²) in [5, 5.41) is 0. The molecule has 0 heterocycles. The molecule has 0 amide bonds. The summed E-state index contributed by atoms with van der Waals surface area (Å²) >= 11 is 0. The van der Waals surface area contributed by atoms with Crippen molar-refractivity contribution in [1.29, 1.82) is 0 Å². The molecule has 5 heteroatoms. The van der Waals surface area contributed by atoms with Gasteiger partial charge in [-0.1, -0.05) is 120 Å². The summed E-state index contributed by atoms with van der Waals surface area (Å²) in [5.74, 6) is 0. The Morgan fingerprint density at radius 2 is 0.949 bits per heavy atom. The molecule has 0 aliphatic carbocycles. The van der Waals surface area contributed by atoms with Crippen molar-refractivity contribution in [2.24, 2.45) is 0 Å². The second-order valence-electron chi connectivity index (χ2n) is 10.8. The minimum atomic E-state index is -0.0145. The topological polar surface area (TPSA) is 61.8 Å². The van der Waals surface area contributed by atoms with E-state index in [9.17, 15) is 9.59 Å². The van der Waals surface area contributed by atoms with Gasteiger partial charge in [0.25, 0.3) is 0 Å². The van der Waals surface area contributed by atoms with Gasteiger partial charge in [-0.05, 0) is 31.2 Å². The molecule has 0 aliphatic heterocycles. The van der Waals surface area contributed by atoms with Crippen molar-refractivity contribution in [2.45, 2.75) is 141 Å². The van der Waals surface area contributed by atoms with Crippen molar-refractivity contribution in [1.82, 2.24) is 0 Å². The number of carbonyl (C=O) groups is 2. The second-order valence-corrected chi connectivity index (χ2v) is 10.8. The lowest BCUT2D eigenvalue weighted by Gasteiger charge is -2.18. The van der Waals surface area contributed by atoms with Crippen molar-refractivity contribution in [2.75, 3.05) is 26.4 Å². The minimum absolute atomic E-state index is 0.0145. The van der Waals surface area contributed by atoms with Crippen LogP contribution in [0.4, 0.5) is 0 Å². The number of aldehydes is 2. The second kappa shape index (κ2) is 29.4. The third-order valence-electron chi connectivity index (χ3n) is 7.15. The Labute approximate surface area is 239 Å². The summed E-state index contributed by atoms with van der Waals surface area (Å²) in [4.78, 5) is 20.7. The quantitative estimate of drug-likeness (QED) is 0.0688. The Hall–Kier alpha value is -1.56. The molecule has 39 heavy (non-hydrogen) atoms. The number of carbonyl (C=O) groups excluding carboxylic acids is 2. The van der Waals surface area contributed by atoms with E-state index in [2.05, 4.69) is 12.1 Å². The van der Waals surface area contributed by atoms with Crippen LogP contribution in [-0.4, -0.2) is 45.1 Å². The van der Waals surface area contributed by atoms with Crippen molar-refractivity contribution in [3.8, 4) is 0 Å². The molecule has 1 rings (SSSR count). The van der Waals surface area contributed by atoms with Gasteiger partial charge in [-0.15, -0.1) is 0 Å². The molecule has 1 aromatic rings. The third-order valence-corrected chi connectivity index (χ3v) is 7.15. The van der Waals surface area contributed by atoms with Crippen LogP contribution >= 0.6 is 0 Å². The standard InChI is InChI=1S/C34H58O5/c35-26-20-13-9-5-1-3-7-11-15-22-28-37-31-34(32-38-30-33-24-18-17-19-25-33)39-29-23-16-12-8-4-2-6-10-14-21-27-36/h17-19,24-27,34H,1-16,20-23,28-32H2. The van der Waals surface area contributed by atoms with Crippen LogP contribution in [0, 0.1) is 0 Å². The average Bonchev–Trinajstić information content (AvgIpc) is 2.96. The first kappa shape index (κ1) is 35.5. The highest BCUT2D eigenvalue weighted by Gasteiger charge is 2.10. The predicted octanol–water partition coefficient (Wildman–Crippen LogP) is 8.80. The fourth-order valence-electron chi connectivity index (χ4n) is 4.73. The van der Waals surface area contributed by atoms with Gasteiger partial charge in [0.1, 0.15) is 18.7 Å². The molecule has 224 valence electrons. The Kier molecular flexibility index (Phi) is 26.8. The Morgan fingerprint density at radius 1 is 0.513 bits per heavy atom. The zero-order valence-electron chi connectivity index (χ0n) is 24.8. The average molecular weight is 547 g/mol. The molecule has 0 N–H and O–H groups in total. The highest BCUT2D eigenvalue weighted by molar-refractivity contribution is 5.49. The lowest BCUT2D eigenvalue weighted by Crippen LogP contribution is -2.26. The number of hydrogen-bond donors (Lipinski definition) is 0.